The molecule has 1 aromatic heterocycles. The third kappa shape index (κ3) is 5.15. The van der Waals surface area contributed by atoms with E-state index in [1.54, 1.807) is 13.8 Å². The molecule has 6 N–H and O–H groups in total. The Morgan fingerprint density at radius 3 is 2.17 bits per heavy atom. The van der Waals surface area contributed by atoms with Crippen molar-refractivity contribution in [2.45, 2.75) is 31.3 Å². The van der Waals surface area contributed by atoms with Crippen LogP contribution >= 0.6 is 0 Å². The highest BCUT2D eigenvalue weighted by molar-refractivity contribution is 6.23. The normalized spacial score (nSPS) is 18.0. The molecule has 0 radical (unpaired) electrons. The molecule has 0 saturated heterocycles. The van der Waals surface area contributed by atoms with Gasteiger partial charge in [0, 0.05) is 29.9 Å². The number of primary amides is 3. The first-order valence-electron chi connectivity index (χ1n) is 13.9. The lowest BCUT2D eigenvalue weighted by atomic mass is 9.67. The predicted octanol–water partition coefficient (Wildman–Crippen LogP) is 3.54. The summed E-state index contributed by atoms with van der Waals surface area (Å²) in [6, 6.07) is 12.2. The number of pyridine rings is 1. The van der Waals surface area contributed by atoms with Gasteiger partial charge in [-0.3, -0.25) is 24.2 Å². The maximum Gasteiger partial charge on any atom is 0.253 e. The summed E-state index contributed by atoms with van der Waals surface area (Å²) in [4.78, 5) is 57.6. The highest BCUT2D eigenvalue weighted by Crippen LogP contribution is 2.49. The van der Waals surface area contributed by atoms with Crippen LogP contribution in [0.3, 0.4) is 0 Å². The lowest BCUT2D eigenvalue weighted by Crippen LogP contribution is -2.63. The number of hydrogen-bond acceptors (Lipinski definition) is 8. The first-order chi connectivity index (χ1) is 21.8. The van der Waals surface area contributed by atoms with Crippen LogP contribution in [-0.2, 0) is 19.9 Å². The van der Waals surface area contributed by atoms with Gasteiger partial charge in [0.05, 0.1) is 29.7 Å². The highest BCUT2D eigenvalue weighted by Gasteiger charge is 2.58. The number of fused-ring (bicyclic) bond motifs is 1. The molecule has 0 spiro atoms. The molecule has 3 aromatic carbocycles. The Hall–Kier alpha value is -5.85. The molecule has 2 atom stereocenters. The standard InChI is InChI=1S/C33H29F2N5O6/c1-16(2)40-15-22(31(37)43)29(41)28(17-4-7-19(34)8-5-17)33(40,32(38)44)18-6-9-26(23(35)12-18)46-25-10-11-39-24-14-27(45-3)21(30(36)42)13-20(24)25/h4-16,28H,1-3H3,(H2,36,42)(H2,37,43)(H2,38,44). The minimum absolute atomic E-state index is 0.0404. The van der Waals surface area contributed by atoms with E-state index < -0.39 is 58.2 Å². The first-order valence-corrected chi connectivity index (χ1v) is 13.9. The number of nitrogens with two attached hydrogens (primary N) is 3. The van der Waals surface area contributed by atoms with Gasteiger partial charge < -0.3 is 31.6 Å². The van der Waals surface area contributed by atoms with E-state index in [-0.39, 0.29) is 33.9 Å². The van der Waals surface area contributed by atoms with E-state index in [1.165, 1.54) is 60.7 Å². The van der Waals surface area contributed by atoms with Crippen LogP contribution in [-0.4, -0.2) is 46.5 Å². The van der Waals surface area contributed by atoms with Crippen molar-refractivity contribution in [2.24, 2.45) is 17.2 Å². The van der Waals surface area contributed by atoms with Crippen molar-refractivity contribution >= 4 is 34.4 Å². The molecule has 0 bridgehead atoms. The van der Waals surface area contributed by atoms with Gasteiger partial charge in [0.25, 0.3) is 11.8 Å². The van der Waals surface area contributed by atoms with E-state index in [4.69, 9.17) is 26.7 Å². The number of aromatic nitrogens is 1. The van der Waals surface area contributed by atoms with Gasteiger partial charge in [-0.25, -0.2) is 8.78 Å². The van der Waals surface area contributed by atoms with E-state index >= 15 is 4.39 Å². The fourth-order valence-electron chi connectivity index (χ4n) is 5.85. The van der Waals surface area contributed by atoms with Crippen molar-refractivity contribution in [3.8, 4) is 17.2 Å². The lowest BCUT2D eigenvalue weighted by Gasteiger charge is -2.50. The third-order valence-electron chi connectivity index (χ3n) is 7.90. The Morgan fingerprint density at radius 2 is 1.61 bits per heavy atom. The van der Waals surface area contributed by atoms with Gasteiger partial charge in [-0.2, -0.15) is 0 Å². The molecule has 0 saturated carbocycles. The molecule has 1 aliphatic heterocycles. The van der Waals surface area contributed by atoms with E-state index in [9.17, 15) is 23.6 Å². The summed E-state index contributed by atoms with van der Waals surface area (Å²) in [6.07, 6.45) is 2.57. The lowest BCUT2D eigenvalue weighted by molar-refractivity contribution is -0.140. The molecule has 13 heteroatoms. The molecule has 236 valence electrons. The number of methoxy groups -OCH3 is 1. The monoisotopic (exact) mass is 629 g/mol. The number of carbonyl (C=O) groups is 4. The number of carbonyl (C=O) groups excluding carboxylic acids is 4. The summed E-state index contributed by atoms with van der Waals surface area (Å²) in [6.45, 7) is 3.37. The number of rotatable bonds is 9. The molecule has 2 heterocycles. The van der Waals surface area contributed by atoms with E-state index in [0.29, 0.717) is 10.9 Å². The summed E-state index contributed by atoms with van der Waals surface area (Å²) in [5.41, 5.74) is 15.2. The molecule has 46 heavy (non-hydrogen) atoms. The van der Waals surface area contributed by atoms with Crippen molar-refractivity contribution in [3.05, 3.63) is 107 Å². The molecule has 11 nitrogen and oxygen atoms in total. The van der Waals surface area contributed by atoms with Gasteiger partial charge in [-0.1, -0.05) is 18.2 Å². The van der Waals surface area contributed by atoms with E-state index in [0.717, 1.165) is 24.4 Å². The Labute approximate surface area is 261 Å². The summed E-state index contributed by atoms with van der Waals surface area (Å²) in [5.74, 6) is -6.72. The number of nitrogens with zero attached hydrogens (tertiary/aromatic N) is 2. The zero-order chi connectivity index (χ0) is 33.5. The molecule has 5 rings (SSSR count). The molecule has 3 amide bonds. The fourth-order valence-corrected chi connectivity index (χ4v) is 5.85. The molecule has 4 aromatic rings. The van der Waals surface area contributed by atoms with Gasteiger partial charge in [0.2, 0.25) is 5.91 Å². The zero-order valence-corrected chi connectivity index (χ0v) is 24.9. The Balaban J connectivity index is 1.69. The number of hydrogen-bond donors (Lipinski definition) is 3. The minimum atomic E-state index is -2.09. The molecular formula is C33H29F2N5O6. The third-order valence-corrected chi connectivity index (χ3v) is 7.90. The average molecular weight is 630 g/mol. The molecule has 0 aliphatic carbocycles. The van der Waals surface area contributed by atoms with Crippen LogP contribution in [0.25, 0.3) is 10.9 Å². The number of ether oxygens (including phenoxy) is 2. The number of halogens is 2. The van der Waals surface area contributed by atoms with Crippen LogP contribution in [0.15, 0.2) is 78.6 Å². The van der Waals surface area contributed by atoms with Crippen LogP contribution in [0.4, 0.5) is 8.78 Å². The fraction of sp³-hybridized carbons (Fsp3) is 0.182. The molecular weight excluding hydrogens is 600 g/mol. The number of amides is 3. The number of Topliss-reactive ketones (excluding diaryl/α,β-unsaturated/α-hetero) is 1. The van der Waals surface area contributed by atoms with Crippen LogP contribution in [0.1, 0.15) is 41.3 Å². The van der Waals surface area contributed by atoms with Crippen LogP contribution < -0.4 is 26.7 Å². The Kier molecular flexibility index (Phi) is 8.18. The van der Waals surface area contributed by atoms with Crippen molar-refractivity contribution in [2.75, 3.05) is 7.11 Å². The zero-order valence-electron chi connectivity index (χ0n) is 24.9. The summed E-state index contributed by atoms with van der Waals surface area (Å²) >= 11 is 0. The van der Waals surface area contributed by atoms with E-state index in [2.05, 4.69) is 4.98 Å². The predicted molar refractivity (Wildman–Crippen MR) is 163 cm³/mol. The second-order valence-corrected chi connectivity index (χ2v) is 10.9. The molecule has 1 aliphatic rings. The maximum absolute atomic E-state index is 16.0. The second-order valence-electron chi connectivity index (χ2n) is 10.9. The summed E-state index contributed by atoms with van der Waals surface area (Å²) < 4.78 is 41.1. The van der Waals surface area contributed by atoms with E-state index in [1.807, 2.05) is 0 Å². The minimum Gasteiger partial charge on any atom is -0.496 e. The largest absolute Gasteiger partial charge is 0.496 e. The van der Waals surface area contributed by atoms with Crippen molar-refractivity contribution < 1.29 is 37.4 Å². The first kappa shape index (κ1) is 31.6. The highest BCUT2D eigenvalue weighted by atomic mass is 19.1. The Morgan fingerprint density at radius 1 is 0.913 bits per heavy atom. The van der Waals surface area contributed by atoms with Gasteiger partial charge in [0.15, 0.2) is 22.9 Å². The van der Waals surface area contributed by atoms with Crippen LogP contribution in [0.2, 0.25) is 0 Å². The van der Waals surface area contributed by atoms with Gasteiger partial charge in [-0.05, 0) is 61.4 Å². The molecule has 2 unspecified atom stereocenters. The maximum atomic E-state index is 16.0. The van der Waals surface area contributed by atoms with Crippen molar-refractivity contribution in [1.29, 1.82) is 0 Å². The quantitative estimate of drug-likeness (QED) is 0.235. The summed E-state index contributed by atoms with van der Waals surface area (Å²) in [5, 5.41) is 0.332. The van der Waals surface area contributed by atoms with Gasteiger partial charge in [0.1, 0.15) is 17.3 Å². The topological polar surface area (TPSA) is 181 Å². The number of ketones is 1. The smallest absolute Gasteiger partial charge is 0.253 e. The number of benzene rings is 3. The molecule has 0 fully saturated rings. The van der Waals surface area contributed by atoms with Crippen molar-refractivity contribution in [1.82, 2.24) is 9.88 Å². The Bertz CT molecular complexity index is 1950. The SMILES string of the molecule is COc1cc2nccc(Oc3ccc(C4(C(N)=O)C(c5ccc(F)cc5)C(=O)C(C(N)=O)=CN4C(C)C)cc3F)c2cc1C(N)=O. The van der Waals surface area contributed by atoms with Crippen LogP contribution in [0.5, 0.6) is 17.2 Å². The second kappa shape index (κ2) is 11.9. The average Bonchev–Trinajstić information content (AvgIpc) is 3.01. The van der Waals surface area contributed by atoms with Crippen LogP contribution in [0, 0.1) is 11.6 Å². The van der Waals surface area contributed by atoms with Gasteiger partial charge >= 0.3 is 0 Å². The summed E-state index contributed by atoms with van der Waals surface area (Å²) in [7, 11) is 1.37. The van der Waals surface area contributed by atoms with Gasteiger partial charge in [-0.15, -0.1) is 0 Å². The van der Waals surface area contributed by atoms with Crippen molar-refractivity contribution in [3.63, 3.8) is 0 Å².